The van der Waals surface area contributed by atoms with E-state index in [2.05, 4.69) is 15.7 Å². The van der Waals surface area contributed by atoms with Crippen LogP contribution in [-0.2, 0) is 20.0 Å². The summed E-state index contributed by atoms with van der Waals surface area (Å²) in [7, 11) is 1.84. The number of rotatable bonds is 4. The molecule has 1 aromatic heterocycles. The number of carbonyl (C=O) groups is 2. The summed E-state index contributed by atoms with van der Waals surface area (Å²) in [6.07, 6.45) is 1.56. The summed E-state index contributed by atoms with van der Waals surface area (Å²) in [5.41, 5.74) is 2.94. The van der Waals surface area contributed by atoms with Crippen LogP contribution >= 0.6 is 0 Å². The van der Waals surface area contributed by atoms with Crippen LogP contribution in [-0.4, -0.2) is 39.2 Å². The number of anilines is 1. The first-order valence-corrected chi connectivity index (χ1v) is 8.96. The molecule has 7 heteroatoms. The Morgan fingerprint density at radius 3 is 2.69 bits per heavy atom. The number of hydrogen-bond donors (Lipinski definition) is 2. The van der Waals surface area contributed by atoms with Crippen LogP contribution < -0.4 is 10.6 Å². The minimum absolute atomic E-state index is 0.0942. The molecule has 138 valence electrons. The molecule has 0 saturated carbocycles. The monoisotopic (exact) mass is 355 g/mol. The van der Waals surface area contributed by atoms with Gasteiger partial charge in [-0.2, -0.15) is 5.10 Å². The van der Waals surface area contributed by atoms with Crippen molar-refractivity contribution in [2.75, 3.05) is 11.9 Å². The molecule has 0 saturated heterocycles. The maximum atomic E-state index is 12.7. The number of amides is 3. The molecule has 0 fully saturated rings. The van der Waals surface area contributed by atoms with E-state index >= 15 is 0 Å². The molecular weight excluding hydrogens is 330 g/mol. The predicted octanol–water partition coefficient (Wildman–Crippen LogP) is 2.54. The Balaban J connectivity index is 1.79. The largest absolute Gasteiger partial charge is 0.336 e. The Bertz CT molecular complexity index is 800. The van der Waals surface area contributed by atoms with Crippen molar-refractivity contribution in [2.24, 2.45) is 7.05 Å². The number of fused-ring (bicyclic) bond motifs is 1. The van der Waals surface area contributed by atoms with E-state index in [1.54, 1.807) is 9.58 Å². The van der Waals surface area contributed by atoms with Crippen molar-refractivity contribution in [2.45, 2.75) is 39.3 Å². The fourth-order valence-electron chi connectivity index (χ4n) is 3.06. The van der Waals surface area contributed by atoms with Crippen molar-refractivity contribution < 1.29 is 9.59 Å². The number of nitrogens with one attached hydrogen (secondary N) is 2. The summed E-state index contributed by atoms with van der Waals surface area (Å²) in [6, 6.07) is 9.32. The van der Waals surface area contributed by atoms with Crippen LogP contribution in [0.5, 0.6) is 0 Å². The molecule has 2 N–H and O–H groups in total. The molecule has 3 amide bonds. The van der Waals surface area contributed by atoms with Gasteiger partial charge >= 0.3 is 6.03 Å². The third kappa shape index (κ3) is 3.71. The maximum Gasteiger partial charge on any atom is 0.317 e. The molecule has 0 bridgehead atoms. The van der Waals surface area contributed by atoms with Gasteiger partial charge in [-0.1, -0.05) is 25.1 Å². The third-order valence-electron chi connectivity index (χ3n) is 4.76. The van der Waals surface area contributed by atoms with E-state index in [4.69, 9.17) is 0 Å². The Hall–Kier alpha value is -2.83. The van der Waals surface area contributed by atoms with Crippen molar-refractivity contribution >= 4 is 17.6 Å². The molecule has 1 aromatic carbocycles. The third-order valence-corrected chi connectivity index (χ3v) is 4.76. The van der Waals surface area contributed by atoms with Gasteiger partial charge in [0.1, 0.15) is 0 Å². The van der Waals surface area contributed by atoms with Gasteiger partial charge in [0.25, 0.3) is 5.91 Å². The van der Waals surface area contributed by atoms with Crippen molar-refractivity contribution in [3.63, 3.8) is 0 Å². The molecule has 0 aliphatic carbocycles. The first-order chi connectivity index (χ1) is 12.5. The van der Waals surface area contributed by atoms with Gasteiger partial charge < -0.3 is 15.5 Å². The lowest BCUT2D eigenvalue weighted by Gasteiger charge is -2.29. The number of urea groups is 1. The molecule has 7 nitrogen and oxygen atoms in total. The fourth-order valence-corrected chi connectivity index (χ4v) is 3.06. The molecule has 2 heterocycles. The van der Waals surface area contributed by atoms with Crippen LogP contribution in [0.1, 0.15) is 42.0 Å². The zero-order valence-corrected chi connectivity index (χ0v) is 15.5. The second-order valence-electron chi connectivity index (χ2n) is 6.65. The SMILES string of the molecule is CCC(C)NC(=O)N1CCc2c(c(C(=O)Nc3ccccc3)nn2C)C1. The highest BCUT2D eigenvalue weighted by Crippen LogP contribution is 2.23. The molecule has 0 spiro atoms. The van der Waals surface area contributed by atoms with Crippen LogP contribution in [0, 0.1) is 0 Å². The number of benzene rings is 1. The molecule has 3 rings (SSSR count). The first kappa shape index (κ1) is 18.0. The topological polar surface area (TPSA) is 79.3 Å². The van der Waals surface area contributed by atoms with Gasteiger partial charge in [0, 0.05) is 43.0 Å². The molecule has 1 aliphatic heterocycles. The lowest BCUT2D eigenvalue weighted by atomic mass is 10.0. The van der Waals surface area contributed by atoms with Gasteiger partial charge in [0.2, 0.25) is 0 Å². The number of carbonyl (C=O) groups excluding carboxylic acids is 2. The summed E-state index contributed by atoms with van der Waals surface area (Å²) in [5, 5.41) is 10.3. The lowest BCUT2D eigenvalue weighted by molar-refractivity contribution is 0.101. The van der Waals surface area contributed by atoms with Crippen molar-refractivity contribution in [3.05, 3.63) is 47.3 Å². The van der Waals surface area contributed by atoms with Gasteiger partial charge in [-0.25, -0.2) is 4.79 Å². The first-order valence-electron chi connectivity index (χ1n) is 8.96. The number of para-hydroxylation sites is 1. The van der Waals surface area contributed by atoms with E-state index in [1.165, 1.54) is 0 Å². The second kappa shape index (κ2) is 7.59. The molecule has 1 unspecified atom stereocenters. The maximum absolute atomic E-state index is 12.7. The molecule has 2 aromatic rings. The second-order valence-corrected chi connectivity index (χ2v) is 6.65. The molecule has 26 heavy (non-hydrogen) atoms. The lowest BCUT2D eigenvalue weighted by Crippen LogP contribution is -2.46. The Morgan fingerprint density at radius 2 is 2.00 bits per heavy atom. The molecule has 1 aliphatic rings. The van der Waals surface area contributed by atoms with E-state index in [9.17, 15) is 9.59 Å². The van der Waals surface area contributed by atoms with Crippen LogP contribution in [0.2, 0.25) is 0 Å². The fraction of sp³-hybridized carbons (Fsp3) is 0.421. The Morgan fingerprint density at radius 1 is 1.27 bits per heavy atom. The number of nitrogens with zero attached hydrogens (tertiary/aromatic N) is 3. The zero-order chi connectivity index (χ0) is 18.7. The Labute approximate surface area is 153 Å². The van der Waals surface area contributed by atoms with E-state index < -0.39 is 0 Å². The summed E-state index contributed by atoms with van der Waals surface area (Å²) < 4.78 is 1.75. The standard InChI is InChI=1S/C19H25N5O2/c1-4-13(2)20-19(26)24-11-10-16-15(12-24)17(22-23(16)3)18(25)21-14-8-6-5-7-9-14/h5-9,13H,4,10-12H2,1-3H3,(H,20,26)(H,21,25). The van der Waals surface area contributed by atoms with E-state index in [-0.39, 0.29) is 18.0 Å². The minimum atomic E-state index is -0.253. The van der Waals surface area contributed by atoms with Crippen LogP contribution in [0.15, 0.2) is 30.3 Å². The van der Waals surface area contributed by atoms with Gasteiger partial charge in [-0.05, 0) is 25.5 Å². The average Bonchev–Trinajstić information content (AvgIpc) is 2.98. The summed E-state index contributed by atoms with van der Waals surface area (Å²) >= 11 is 0. The smallest absolute Gasteiger partial charge is 0.317 e. The van der Waals surface area contributed by atoms with Gasteiger partial charge in [0.05, 0.1) is 6.54 Å². The van der Waals surface area contributed by atoms with Gasteiger partial charge in [-0.3, -0.25) is 9.48 Å². The summed E-state index contributed by atoms with van der Waals surface area (Å²) in [4.78, 5) is 26.9. The van der Waals surface area contributed by atoms with Crippen LogP contribution in [0.25, 0.3) is 0 Å². The van der Waals surface area contributed by atoms with Crippen molar-refractivity contribution in [1.29, 1.82) is 0 Å². The predicted molar refractivity (Wildman–Crippen MR) is 100 cm³/mol. The highest BCUT2D eigenvalue weighted by molar-refractivity contribution is 6.04. The number of hydrogen-bond acceptors (Lipinski definition) is 3. The normalized spacial score (nSPS) is 14.5. The average molecular weight is 355 g/mol. The molecule has 0 radical (unpaired) electrons. The van der Waals surface area contributed by atoms with Crippen LogP contribution in [0.3, 0.4) is 0 Å². The minimum Gasteiger partial charge on any atom is -0.336 e. The van der Waals surface area contributed by atoms with Gasteiger partial charge in [-0.15, -0.1) is 0 Å². The highest BCUT2D eigenvalue weighted by atomic mass is 16.2. The van der Waals surface area contributed by atoms with Crippen molar-refractivity contribution in [3.8, 4) is 0 Å². The summed E-state index contributed by atoms with van der Waals surface area (Å²) in [5.74, 6) is -0.253. The summed E-state index contributed by atoms with van der Waals surface area (Å²) in [6.45, 7) is 5.03. The van der Waals surface area contributed by atoms with Crippen molar-refractivity contribution in [1.82, 2.24) is 20.0 Å². The van der Waals surface area contributed by atoms with E-state index in [0.717, 1.165) is 23.4 Å². The highest BCUT2D eigenvalue weighted by Gasteiger charge is 2.29. The van der Waals surface area contributed by atoms with E-state index in [0.29, 0.717) is 25.2 Å². The molecule has 1 atom stereocenters. The number of aryl methyl sites for hydroxylation is 1. The molecular formula is C19H25N5O2. The zero-order valence-electron chi connectivity index (χ0n) is 15.5. The van der Waals surface area contributed by atoms with Gasteiger partial charge in [0.15, 0.2) is 5.69 Å². The van der Waals surface area contributed by atoms with E-state index in [1.807, 2.05) is 51.2 Å². The Kier molecular flexibility index (Phi) is 5.25. The quantitative estimate of drug-likeness (QED) is 0.884. The van der Waals surface area contributed by atoms with Crippen LogP contribution in [0.4, 0.5) is 10.5 Å². The number of aromatic nitrogens is 2.